The Labute approximate surface area is 96.1 Å². The van der Waals surface area contributed by atoms with Gasteiger partial charge in [-0.15, -0.1) is 12.8 Å². The summed E-state index contributed by atoms with van der Waals surface area (Å²) in [5, 5.41) is 0. The molecule has 0 aromatic rings. The molecule has 77 valence electrons. The van der Waals surface area contributed by atoms with Gasteiger partial charge < -0.3 is 10.7 Å². The maximum atomic E-state index is 5.48. The summed E-state index contributed by atoms with van der Waals surface area (Å²) >= 11 is 0. The Morgan fingerprint density at radius 3 is 2.71 bits per heavy atom. The van der Waals surface area contributed by atoms with E-state index in [0.717, 1.165) is 23.4 Å². The second-order valence-corrected chi connectivity index (χ2v) is 3.03. The third-order valence-corrected chi connectivity index (χ3v) is 2.10. The van der Waals surface area contributed by atoms with Crippen molar-refractivity contribution < 1.29 is 17.1 Å². The predicted octanol–water partition coefficient (Wildman–Crippen LogP) is 2.20. The van der Waals surface area contributed by atoms with Crippen LogP contribution < -0.4 is 5.73 Å². The third kappa shape index (κ3) is 2.60. The molecule has 3 heteroatoms. The summed E-state index contributed by atoms with van der Waals surface area (Å²) in [6, 6.07) is 0. The molecule has 1 rings (SSSR count). The fourth-order valence-electron chi connectivity index (χ4n) is 1.21. The van der Waals surface area contributed by atoms with Crippen LogP contribution in [0, 0.1) is 12.0 Å². The molecule has 2 N–H and O–H groups in total. The van der Waals surface area contributed by atoms with Gasteiger partial charge in [0.2, 0.25) is 0 Å². The molecular formula is C11H15MnN2-. The molecule has 1 atom stereocenters. The van der Waals surface area contributed by atoms with Gasteiger partial charge in [-0.3, -0.25) is 0 Å². The van der Waals surface area contributed by atoms with E-state index in [1.165, 1.54) is 0 Å². The van der Waals surface area contributed by atoms with Crippen molar-refractivity contribution in [1.29, 1.82) is 0 Å². The molecule has 1 aliphatic rings. The van der Waals surface area contributed by atoms with Crippen molar-refractivity contribution >= 4 is 5.71 Å². The number of nitrogens with two attached hydrogens (primary N) is 1. The Morgan fingerprint density at radius 2 is 2.29 bits per heavy atom. The zero-order chi connectivity index (χ0) is 9.84. The summed E-state index contributed by atoms with van der Waals surface area (Å²) in [5.41, 5.74) is 8.34. The second kappa shape index (κ2) is 5.84. The number of hydrogen-bond acceptors (Lipinski definition) is 2. The van der Waals surface area contributed by atoms with Gasteiger partial charge >= 0.3 is 0 Å². The molecule has 1 heterocycles. The van der Waals surface area contributed by atoms with Crippen LogP contribution in [0.3, 0.4) is 0 Å². The van der Waals surface area contributed by atoms with E-state index in [1.54, 1.807) is 6.20 Å². The first-order valence-electron chi connectivity index (χ1n) is 4.49. The number of aliphatic imine (C=N–C) groups is 1. The average Bonchev–Trinajstić information content (AvgIpc) is 2.59. The van der Waals surface area contributed by atoms with Crippen molar-refractivity contribution in [1.82, 2.24) is 0 Å². The third-order valence-electron chi connectivity index (χ3n) is 2.10. The fourth-order valence-corrected chi connectivity index (χ4v) is 1.21. The van der Waals surface area contributed by atoms with Crippen LogP contribution in [-0.4, -0.2) is 5.71 Å². The molecule has 14 heavy (non-hydrogen) atoms. The molecular weight excluding hydrogens is 215 g/mol. The Morgan fingerprint density at radius 1 is 1.64 bits per heavy atom. The number of rotatable bonds is 3. The zero-order valence-corrected chi connectivity index (χ0v) is 9.73. The number of nitrogens with zero attached hydrogens (tertiary/aromatic N) is 1. The first-order valence-corrected chi connectivity index (χ1v) is 4.49. The molecule has 0 fully saturated rings. The smallest absolute Gasteiger partial charge is 0 e. The van der Waals surface area contributed by atoms with Crippen LogP contribution in [0.15, 0.2) is 35.1 Å². The van der Waals surface area contributed by atoms with Crippen molar-refractivity contribution in [2.45, 2.75) is 20.3 Å². The molecule has 0 spiro atoms. The van der Waals surface area contributed by atoms with Gasteiger partial charge in [-0.1, -0.05) is 25.6 Å². The maximum Gasteiger partial charge on any atom is 0 e. The summed E-state index contributed by atoms with van der Waals surface area (Å²) in [5.74, 6) is 0.242. The molecule has 0 saturated heterocycles. The Hall–Kier alpha value is -0.791. The molecule has 0 amide bonds. The van der Waals surface area contributed by atoms with Crippen molar-refractivity contribution in [3.05, 3.63) is 36.2 Å². The summed E-state index contributed by atoms with van der Waals surface area (Å²) in [7, 11) is 0. The number of hydrogen-bond donors (Lipinski definition) is 1. The first-order chi connectivity index (χ1) is 6.22. The van der Waals surface area contributed by atoms with Gasteiger partial charge in [0.1, 0.15) is 0 Å². The second-order valence-electron chi connectivity index (χ2n) is 3.03. The molecule has 1 unspecified atom stereocenters. The molecule has 2 nitrogen and oxygen atoms in total. The summed E-state index contributed by atoms with van der Waals surface area (Å²) in [6.07, 6.45) is 7.47. The standard InChI is InChI=1S/C11H15N2.Mn/c1-4-8(3)11-9(7-12)6-10(5-2)13-11;/h4,7-8H,1,5,12H2,2-3H3;/q-1;. The van der Waals surface area contributed by atoms with Gasteiger partial charge in [-0.2, -0.15) is 11.6 Å². The van der Waals surface area contributed by atoms with Crippen LogP contribution in [0.2, 0.25) is 0 Å². The average molecular weight is 230 g/mol. The quantitative estimate of drug-likeness (QED) is 0.450. The molecule has 0 saturated carbocycles. The molecule has 0 aliphatic carbocycles. The van der Waals surface area contributed by atoms with Crippen molar-refractivity contribution in [2.24, 2.45) is 16.6 Å². The minimum Gasteiger partial charge on any atom is -0.455 e. The predicted molar refractivity (Wildman–Crippen MR) is 56.1 cm³/mol. The van der Waals surface area contributed by atoms with Crippen LogP contribution in [0.4, 0.5) is 0 Å². The van der Waals surface area contributed by atoms with Gasteiger partial charge in [0, 0.05) is 17.1 Å². The van der Waals surface area contributed by atoms with Gasteiger partial charge in [0.05, 0.1) is 0 Å². The minimum atomic E-state index is 0. The fraction of sp³-hybridized carbons (Fsp3) is 0.364. The van der Waals surface area contributed by atoms with Gasteiger partial charge in [-0.05, 0) is 18.0 Å². The zero-order valence-electron chi connectivity index (χ0n) is 8.55. The Kier molecular flexibility index (Phi) is 5.51. The molecule has 0 bridgehead atoms. The minimum absolute atomic E-state index is 0. The van der Waals surface area contributed by atoms with Crippen LogP contribution in [0.25, 0.3) is 0 Å². The van der Waals surface area contributed by atoms with Crippen LogP contribution >= 0.6 is 0 Å². The number of allylic oxidation sites excluding steroid dienone is 4. The van der Waals surface area contributed by atoms with Gasteiger partial charge in [0.15, 0.2) is 0 Å². The van der Waals surface area contributed by atoms with E-state index in [4.69, 9.17) is 5.73 Å². The van der Waals surface area contributed by atoms with Gasteiger partial charge in [0.25, 0.3) is 0 Å². The van der Waals surface area contributed by atoms with Crippen molar-refractivity contribution in [3.8, 4) is 0 Å². The van der Waals surface area contributed by atoms with Gasteiger partial charge in [-0.25, -0.2) is 0 Å². The van der Waals surface area contributed by atoms with Crippen molar-refractivity contribution in [2.75, 3.05) is 0 Å². The first kappa shape index (κ1) is 13.2. The van der Waals surface area contributed by atoms with E-state index >= 15 is 0 Å². The Balaban J connectivity index is 0.00000169. The summed E-state index contributed by atoms with van der Waals surface area (Å²) in [6.45, 7) is 7.85. The normalized spacial score (nSPS) is 19.7. The van der Waals surface area contributed by atoms with Crippen LogP contribution in [0.1, 0.15) is 20.3 Å². The summed E-state index contributed by atoms with van der Waals surface area (Å²) < 4.78 is 0. The van der Waals surface area contributed by atoms with Crippen molar-refractivity contribution in [3.63, 3.8) is 0 Å². The molecule has 1 aliphatic heterocycles. The summed E-state index contributed by atoms with van der Waals surface area (Å²) in [4.78, 5) is 4.43. The Bertz CT molecular complexity index is 300. The molecule has 0 aromatic carbocycles. The monoisotopic (exact) mass is 230 g/mol. The maximum absolute atomic E-state index is 5.48. The van der Waals surface area contributed by atoms with E-state index in [-0.39, 0.29) is 23.0 Å². The van der Waals surface area contributed by atoms with Crippen LogP contribution in [-0.2, 0) is 17.1 Å². The van der Waals surface area contributed by atoms with E-state index in [1.807, 2.05) is 6.08 Å². The van der Waals surface area contributed by atoms with Crippen LogP contribution in [0.5, 0.6) is 0 Å². The molecule has 1 radical (unpaired) electrons. The SMILES string of the molecule is C=CC(C)C1=NC(CC)=[C-]C1=CN.[Mn]. The largest absolute Gasteiger partial charge is 0.455 e. The van der Waals surface area contributed by atoms with E-state index < -0.39 is 0 Å². The molecule has 0 aromatic heterocycles. The van der Waals surface area contributed by atoms with E-state index in [2.05, 4.69) is 31.5 Å². The topological polar surface area (TPSA) is 38.4 Å². The van der Waals surface area contributed by atoms with E-state index in [9.17, 15) is 0 Å². The van der Waals surface area contributed by atoms with E-state index in [0.29, 0.717) is 0 Å².